The molecule has 0 spiro atoms. The van der Waals surface area contributed by atoms with Crippen LogP contribution in [0, 0.1) is 0 Å². The van der Waals surface area contributed by atoms with Gasteiger partial charge in [-0.3, -0.25) is 4.99 Å². The van der Waals surface area contributed by atoms with Gasteiger partial charge >= 0.3 is 0 Å². The van der Waals surface area contributed by atoms with Crippen LogP contribution in [0.25, 0.3) is 0 Å². The molecule has 7 heteroatoms. The van der Waals surface area contributed by atoms with E-state index in [9.17, 15) is 0 Å². The van der Waals surface area contributed by atoms with Crippen LogP contribution in [0.4, 0.5) is 5.69 Å². The molecule has 1 aromatic heterocycles. The van der Waals surface area contributed by atoms with Crippen molar-refractivity contribution >= 4 is 11.6 Å². The van der Waals surface area contributed by atoms with Crippen LogP contribution < -0.4 is 24.8 Å². The zero-order valence-corrected chi connectivity index (χ0v) is 15.0. The lowest BCUT2D eigenvalue weighted by Gasteiger charge is -2.14. The molecule has 1 aromatic carbocycles. The number of methoxy groups -OCH3 is 2. The van der Waals surface area contributed by atoms with Crippen LogP contribution in [0.2, 0.25) is 0 Å². The van der Waals surface area contributed by atoms with Crippen LogP contribution >= 0.6 is 0 Å². The minimum Gasteiger partial charge on any atom is -0.493 e. The van der Waals surface area contributed by atoms with Gasteiger partial charge in [-0.25, -0.2) is 4.98 Å². The summed E-state index contributed by atoms with van der Waals surface area (Å²) in [5.74, 6) is 2.60. The summed E-state index contributed by atoms with van der Waals surface area (Å²) in [7, 11) is 4.93. The van der Waals surface area contributed by atoms with Gasteiger partial charge < -0.3 is 24.8 Å². The van der Waals surface area contributed by atoms with Crippen molar-refractivity contribution in [1.29, 1.82) is 0 Å². The summed E-state index contributed by atoms with van der Waals surface area (Å²) in [5, 5.41) is 6.47. The molecule has 2 N–H and O–H groups in total. The SMILES string of the molecule is CCOc1ccc(NC(=NC)NCc2ccnc(OC)c2)cc1OC. The molecule has 0 fully saturated rings. The van der Waals surface area contributed by atoms with Crippen molar-refractivity contribution < 1.29 is 14.2 Å². The summed E-state index contributed by atoms with van der Waals surface area (Å²) in [4.78, 5) is 8.32. The molecule has 0 radical (unpaired) electrons. The van der Waals surface area contributed by atoms with Crippen LogP contribution in [0.3, 0.4) is 0 Å². The average molecular weight is 344 g/mol. The highest BCUT2D eigenvalue weighted by atomic mass is 16.5. The lowest BCUT2D eigenvalue weighted by molar-refractivity contribution is 0.311. The number of benzene rings is 1. The highest BCUT2D eigenvalue weighted by Crippen LogP contribution is 2.30. The van der Waals surface area contributed by atoms with Gasteiger partial charge in [0.2, 0.25) is 5.88 Å². The van der Waals surface area contributed by atoms with E-state index in [0.29, 0.717) is 36.5 Å². The molecule has 25 heavy (non-hydrogen) atoms. The highest BCUT2D eigenvalue weighted by molar-refractivity contribution is 5.93. The fourth-order valence-corrected chi connectivity index (χ4v) is 2.19. The number of ether oxygens (including phenoxy) is 3. The van der Waals surface area contributed by atoms with Gasteiger partial charge in [-0.05, 0) is 30.7 Å². The van der Waals surface area contributed by atoms with Crippen molar-refractivity contribution in [3.63, 3.8) is 0 Å². The lowest BCUT2D eigenvalue weighted by atomic mass is 10.2. The molecule has 0 atom stereocenters. The number of anilines is 1. The molecule has 2 aromatic rings. The first kappa shape index (κ1) is 18.4. The first-order chi connectivity index (χ1) is 12.2. The number of nitrogens with one attached hydrogen (secondary N) is 2. The fourth-order valence-electron chi connectivity index (χ4n) is 2.19. The Morgan fingerprint density at radius 1 is 1.12 bits per heavy atom. The van der Waals surface area contributed by atoms with E-state index in [-0.39, 0.29) is 0 Å². The number of guanidine groups is 1. The summed E-state index contributed by atoms with van der Waals surface area (Å²) in [6.07, 6.45) is 1.71. The zero-order valence-electron chi connectivity index (χ0n) is 15.0. The molecule has 2 rings (SSSR count). The number of hydrogen-bond acceptors (Lipinski definition) is 5. The van der Waals surface area contributed by atoms with Crippen molar-refractivity contribution in [3.05, 3.63) is 42.1 Å². The van der Waals surface area contributed by atoms with E-state index in [4.69, 9.17) is 14.2 Å². The van der Waals surface area contributed by atoms with E-state index in [1.807, 2.05) is 37.3 Å². The second kappa shape index (κ2) is 9.36. The Bertz CT molecular complexity index is 719. The Kier molecular flexibility index (Phi) is 6.88. The van der Waals surface area contributed by atoms with Gasteiger partial charge in [0, 0.05) is 37.6 Å². The van der Waals surface area contributed by atoms with Crippen LogP contribution in [-0.4, -0.2) is 38.8 Å². The van der Waals surface area contributed by atoms with E-state index >= 15 is 0 Å². The third-order valence-corrected chi connectivity index (χ3v) is 3.42. The number of pyridine rings is 1. The molecule has 0 saturated heterocycles. The highest BCUT2D eigenvalue weighted by Gasteiger charge is 2.07. The van der Waals surface area contributed by atoms with E-state index in [0.717, 1.165) is 11.3 Å². The van der Waals surface area contributed by atoms with Crippen LogP contribution in [0.15, 0.2) is 41.5 Å². The molecule has 0 aliphatic heterocycles. The van der Waals surface area contributed by atoms with Gasteiger partial charge in [-0.2, -0.15) is 0 Å². The van der Waals surface area contributed by atoms with E-state index in [1.54, 1.807) is 27.5 Å². The topological polar surface area (TPSA) is 77.0 Å². The van der Waals surface area contributed by atoms with Crippen LogP contribution in [0.5, 0.6) is 17.4 Å². The maximum Gasteiger partial charge on any atom is 0.213 e. The van der Waals surface area contributed by atoms with Gasteiger partial charge in [0.25, 0.3) is 0 Å². The average Bonchev–Trinajstić information content (AvgIpc) is 2.66. The van der Waals surface area contributed by atoms with Gasteiger partial charge in [-0.15, -0.1) is 0 Å². The zero-order chi connectivity index (χ0) is 18.1. The van der Waals surface area contributed by atoms with Crippen LogP contribution in [-0.2, 0) is 6.54 Å². The van der Waals surface area contributed by atoms with Crippen molar-refractivity contribution in [2.24, 2.45) is 4.99 Å². The monoisotopic (exact) mass is 344 g/mol. The molecule has 0 aliphatic rings. The quantitative estimate of drug-likeness (QED) is 0.594. The minimum absolute atomic E-state index is 0.582. The van der Waals surface area contributed by atoms with Crippen molar-refractivity contribution in [2.45, 2.75) is 13.5 Å². The Morgan fingerprint density at radius 2 is 1.96 bits per heavy atom. The second-order valence-corrected chi connectivity index (χ2v) is 5.06. The van der Waals surface area contributed by atoms with Gasteiger partial charge in [-0.1, -0.05) is 0 Å². The van der Waals surface area contributed by atoms with Gasteiger partial charge in [0.05, 0.1) is 20.8 Å². The summed E-state index contributed by atoms with van der Waals surface area (Å²) in [5.41, 5.74) is 1.89. The number of aliphatic imine (C=N–C) groups is 1. The Hall–Kier alpha value is -2.96. The molecule has 0 bridgehead atoms. The fraction of sp³-hybridized carbons (Fsp3) is 0.333. The Morgan fingerprint density at radius 3 is 2.64 bits per heavy atom. The molecular weight excluding hydrogens is 320 g/mol. The summed E-state index contributed by atoms with van der Waals surface area (Å²) < 4.78 is 16.0. The smallest absolute Gasteiger partial charge is 0.213 e. The Balaban J connectivity index is 2.02. The predicted molar refractivity (Wildman–Crippen MR) is 98.8 cm³/mol. The minimum atomic E-state index is 0.582. The first-order valence-electron chi connectivity index (χ1n) is 7.97. The Labute approximate surface area is 148 Å². The van der Waals surface area contributed by atoms with Crippen molar-refractivity contribution in [2.75, 3.05) is 33.2 Å². The predicted octanol–water partition coefficient (Wildman–Crippen LogP) is 2.69. The molecule has 1 heterocycles. The number of aromatic nitrogens is 1. The second-order valence-electron chi connectivity index (χ2n) is 5.06. The maximum atomic E-state index is 5.52. The third-order valence-electron chi connectivity index (χ3n) is 3.42. The molecule has 0 unspecified atom stereocenters. The van der Waals surface area contributed by atoms with E-state index in [1.165, 1.54) is 0 Å². The summed E-state index contributed by atoms with van der Waals surface area (Å²) in [6, 6.07) is 9.44. The third kappa shape index (κ3) is 5.27. The maximum absolute atomic E-state index is 5.52. The van der Waals surface area contributed by atoms with Crippen molar-refractivity contribution in [3.8, 4) is 17.4 Å². The standard InChI is InChI=1S/C18H24N4O3/c1-5-25-15-7-6-14(11-16(15)23-3)22-18(19-2)21-12-13-8-9-20-17(10-13)24-4/h6-11H,5,12H2,1-4H3,(H2,19,21,22). The molecule has 7 nitrogen and oxygen atoms in total. The first-order valence-corrected chi connectivity index (χ1v) is 7.97. The molecular formula is C18H24N4O3. The van der Waals surface area contributed by atoms with Gasteiger partial charge in [0.15, 0.2) is 17.5 Å². The number of rotatable bonds is 7. The van der Waals surface area contributed by atoms with Crippen molar-refractivity contribution in [1.82, 2.24) is 10.3 Å². The van der Waals surface area contributed by atoms with Gasteiger partial charge in [0.1, 0.15) is 0 Å². The van der Waals surface area contributed by atoms with E-state index < -0.39 is 0 Å². The number of hydrogen-bond donors (Lipinski definition) is 2. The normalized spacial score (nSPS) is 11.0. The summed E-state index contributed by atoms with van der Waals surface area (Å²) >= 11 is 0. The largest absolute Gasteiger partial charge is 0.493 e. The molecule has 134 valence electrons. The molecule has 0 amide bonds. The number of nitrogens with zero attached hydrogens (tertiary/aromatic N) is 2. The summed E-state index contributed by atoms with van der Waals surface area (Å²) in [6.45, 7) is 3.11. The molecule has 0 saturated carbocycles. The van der Waals surface area contributed by atoms with Crippen LogP contribution in [0.1, 0.15) is 12.5 Å². The van der Waals surface area contributed by atoms with E-state index in [2.05, 4.69) is 20.6 Å². The lowest BCUT2D eigenvalue weighted by Crippen LogP contribution is -2.30. The molecule has 0 aliphatic carbocycles.